The molecule has 4 nitrogen and oxygen atoms in total. The minimum atomic E-state index is -0.267. The van der Waals surface area contributed by atoms with Gasteiger partial charge >= 0.3 is 0 Å². The van der Waals surface area contributed by atoms with Gasteiger partial charge in [0.15, 0.2) is 0 Å². The van der Waals surface area contributed by atoms with Crippen LogP contribution in [0.3, 0.4) is 0 Å². The molecule has 3 aromatic carbocycles. The summed E-state index contributed by atoms with van der Waals surface area (Å²) >= 11 is 4.48. The van der Waals surface area contributed by atoms with E-state index < -0.39 is 0 Å². The van der Waals surface area contributed by atoms with Crippen LogP contribution in [0.15, 0.2) is 70.0 Å². The number of thioether (sulfide) groups is 1. The molecule has 1 fully saturated rings. The van der Waals surface area contributed by atoms with Crippen molar-refractivity contribution in [3.8, 4) is 5.75 Å². The van der Waals surface area contributed by atoms with Gasteiger partial charge in [0, 0.05) is 0 Å². The van der Waals surface area contributed by atoms with Gasteiger partial charge in [0.25, 0.3) is 11.1 Å². The Kier molecular flexibility index (Phi) is 5.97. The van der Waals surface area contributed by atoms with Crippen molar-refractivity contribution >= 4 is 55.7 Å². The smallest absolute Gasteiger partial charge is 0.293 e. The lowest BCUT2D eigenvalue weighted by molar-refractivity contribution is -0.123. The summed E-state index contributed by atoms with van der Waals surface area (Å²) < 4.78 is 6.53. The highest BCUT2D eigenvalue weighted by Crippen LogP contribution is 2.35. The predicted octanol–water partition coefficient (Wildman–Crippen LogP) is 6.63. The number of nitrogens with zero attached hydrogens (tertiary/aromatic N) is 1. The van der Waals surface area contributed by atoms with E-state index >= 15 is 0 Å². The average molecular weight is 482 g/mol. The monoisotopic (exact) mass is 481 g/mol. The van der Waals surface area contributed by atoms with Gasteiger partial charge in [-0.05, 0) is 87.7 Å². The number of fused-ring (bicyclic) bond motifs is 1. The van der Waals surface area contributed by atoms with Crippen LogP contribution >= 0.6 is 27.7 Å². The Labute approximate surface area is 188 Å². The first-order chi connectivity index (χ1) is 14.4. The van der Waals surface area contributed by atoms with Crippen molar-refractivity contribution < 1.29 is 14.3 Å². The zero-order valence-electron chi connectivity index (χ0n) is 16.6. The first-order valence-electron chi connectivity index (χ1n) is 9.60. The number of imide groups is 1. The lowest BCUT2D eigenvalue weighted by Crippen LogP contribution is -2.27. The van der Waals surface area contributed by atoms with E-state index in [0.717, 1.165) is 43.9 Å². The summed E-state index contributed by atoms with van der Waals surface area (Å²) in [4.78, 5) is 27.1. The quantitative estimate of drug-likeness (QED) is 0.383. The van der Waals surface area contributed by atoms with Gasteiger partial charge in [-0.15, -0.1) is 0 Å². The van der Waals surface area contributed by atoms with E-state index in [2.05, 4.69) is 15.9 Å². The van der Waals surface area contributed by atoms with E-state index in [-0.39, 0.29) is 23.8 Å². The summed E-state index contributed by atoms with van der Waals surface area (Å²) in [5.41, 5.74) is 1.75. The number of halogens is 1. The second-order valence-electron chi connectivity index (χ2n) is 7.31. The Balaban J connectivity index is 1.54. The molecule has 0 atom stereocenters. The van der Waals surface area contributed by atoms with Crippen molar-refractivity contribution in [1.29, 1.82) is 0 Å². The highest BCUT2D eigenvalue weighted by atomic mass is 79.9. The SMILES string of the molecule is CC(C)Oc1ccc(/C=C2\SC(=O)N(Cc3ccc4ccccc4c3)C2=O)cc1Br. The number of carbonyl (C=O) groups excluding carboxylic acids is 2. The first-order valence-corrected chi connectivity index (χ1v) is 11.2. The summed E-state index contributed by atoms with van der Waals surface area (Å²) in [6.07, 6.45) is 1.81. The van der Waals surface area contributed by atoms with Crippen LogP contribution < -0.4 is 4.74 Å². The molecule has 1 aliphatic rings. The van der Waals surface area contributed by atoms with Gasteiger partial charge in [0.05, 0.1) is 22.0 Å². The van der Waals surface area contributed by atoms with Crippen molar-refractivity contribution in [1.82, 2.24) is 4.90 Å². The molecule has 1 heterocycles. The highest BCUT2D eigenvalue weighted by Gasteiger charge is 2.35. The number of hydrogen-bond acceptors (Lipinski definition) is 4. The summed E-state index contributed by atoms with van der Waals surface area (Å²) in [6.45, 7) is 4.19. The molecule has 2 amide bonds. The van der Waals surface area contributed by atoms with Crippen molar-refractivity contribution in [2.24, 2.45) is 0 Å². The van der Waals surface area contributed by atoms with Gasteiger partial charge in [-0.2, -0.15) is 0 Å². The second kappa shape index (κ2) is 8.66. The lowest BCUT2D eigenvalue weighted by Gasteiger charge is -2.13. The molecule has 0 radical (unpaired) electrons. The van der Waals surface area contributed by atoms with Gasteiger partial charge in [0.1, 0.15) is 5.75 Å². The maximum Gasteiger partial charge on any atom is 0.293 e. The van der Waals surface area contributed by atoms with Crippen LogP contribution in [0.4, 0.5) is 4.79 Å². The highest BCUT2D eigenvalue weighted by molar-refractivity contribution is 9.10. The summed E-state index contributed by atoms with van der Waals surface area (Å²) in [6, 6.07) is 19.6. The number of benzene rings is 3. The van der Waals surface area contributed by atoms with Gasteiger partial charge < -0.3 is 4.74 Å². The third-order valence-corrected chi connectivity index (χ3v) is 6.17. The molecular formula is C24H20BrNO3S. The van der Waals surface area contributed by atoms with Crippen LogP contribution in [0.1, 0.15) is 25.0 Å². The lowest BCUT2D eigenvalue weighted by atomic mass is 10.1. The maximum absolute atomic E-state index is 12.9. The van der Waals surface area contributed by atoms with E-state index in [4.69, 9.17) is 4.74 Å². The van der Waals surface area contributed by atoms with Crippen molar-refractivity contribution in [3.63, 3.8) is 0 Å². The Morgan fingerprint density at radius 2 is 1.80 bits per heavy atom. The van der Waals surface area contributed by atoms with Gasteiger partial charge in [-0.1, -0.05) is 42.5 Å². The van der Waals surface area contributed by atoms with Crippen LogP contribution in [0.5, 0.6) is 5.75 Å². The fraction of sp³-hybridized carbons (Fsp3) is 0.167. The predicted molar refractivity (Wildman–Crippen MR) is 125 cm³/mol. The molecule has 30 heavy (non-hydrogen) atoms. The molecule has 0 unspecified atom stereocenters. The molecule has 0 aliphatic carbocycles. The maximum atomic E-state index is 12.9. The third-order valence-electron chi connectivity index (χ3n) is 4.64. The fourth-order valence-corrected chi connectivity index (χ4v) is 4.59. The normalized spacial score (nSPS) is 15.6. The topological polar surface area (TPSA) is 46.6 Å². The van der Waals surface area contributed by atoms with E-state index in [0.29, 0.717) is 4.91 Å². The Morgan fingerprint density at radius 3 is 2.53 bits per heavy atom. The molecule has 6 heteroatoms. The Bertz CT molecular complexity index is 1170. The van der Waals surface area contributed by atoms with Gasteiger partial charge in [0.2, 0.25) is 0 Å². The summed E-state index contributed by atoms with van der Waals surface area (Å²) in [5, 5.41) is 1.97. The minimum absolute atomic E-state index is 0.0683. The molecule has 4 rings (SSSR count). The first kappa shape index (κ1) is 20.7. The second-order valence-corrected chi connectivity index (χ2v) is 9.15. The number of hydrogen-bond donors (Lipinski definition) is 0. The molecule has 0 bridgehead atoms. The molecule has 0 saturated carbocycles. The van der Waals surface area contributed by atoms with Crippen LogP contribution in [0.2, 0.25) is 0 Å². The molecule has 0 aromatic heterocycles. The largest absolute Gasteiger partial charge is 0.490 e. The standard InChI is InChI=1S/C24H20BrNO3S/c1-15(2)29-21-10-8-16(12-20(21)25)13-22-23(27)26(24(28)30-22)14-17-7-9-18-5-3-4-6-19(18)11-17/h3-13,15H,14H2,1-2H3/b22-13-. The summed E-state index contributed by atoms with van der Waals surface area (Å²) in [5.74, 6) is 0.475. The van der Waals surface area contributed by atoms with Crippen molar-refractivity contribution in [3.05, 3.63) is 81.2 Å². The van der Waals surface area contributed by atoms with Gasteiger partial charge in [-0.3, -0.25) is 14.5 Å². The van der Waals surface area contributed by atoms with Crippen LogP contribution in [-0.2, 0) is 11.3 Å². The minimum Gasteiger partial charge on any atom is -0.490 e. The van der Waals surface area contributed by atoms with E-state index in [1.54, 1.807) is 6.08 Å². The van der Waals surface area contributed by atoms with Crippen LogP contribution in [-0.4, -0.2) is 22.2 Å². The van der Waals surface area contributed by atoms with E-state index in [9.17, 15) is 9.59 Å². The van der Waals surface area contributed by atoms with Gasteiger partial charge in [-0.25, -0.2) is 0 Å². The Morgan fingerprint density at radius 1 is 1.03 bits per heavy atom. The number of carbonyl (C=O) groups is 2. The fourth-order valence-electron chi connectivity index (χ4n) is 3.26. The molecule has 152 valence electrons. The number of ether oxygens (including phenoxy) is 1. The van der Waals surface area contributed by atoms with Crippen molar-refractivity contribution in [2.75, 3.05) is 0 Å². The third kappa shape index (κ3) is 4.45. The molecule has 1 aliphatic heterocycles. The van der Waals surface area contributed by atoms with Crippen LogP contribution in [0, 0.1) is 0 Å². The molecule has 3 aromatic rings. The molecule has 0 N–H and O–H groups in total. The molecule has 0 spiro atoms. The molecule has 1 saturated heterocycles. The average Bonchev–Trinajstić information content (AvgIpc) is 2.97. The zero-order valence-corrected chi connectivity index (χ0v) is 19.0. The summed E-state index contributed by atoms with van der Waals surface area (Å²) in [7, 11) is 0. The molecular weight excluding hydrogens is 462 g/mol. The van der Waals surface area contributed by atoms with E-state index in [1.807, 2.05) is 74.5 Å². The number of rotatable bonds is 5. The van der Waals surface area contributed by atoms with Crippen LogP contribution in [0.25, 0.3) is 16.8 Å². The number of amides is 2. The Hall–Kier alpha value is -2.57. The van der Waals surface area contributed by atoms with Crippen molar-refractivity contribution in [2.45, 2.75) is 26.5 Å². The zero-order chi connectivity index (χ0) is 21.3. The van der Waals surface area contributed by atoms with E-state index in [1.165, 1.54) is 4.90 Å².